The van der Waals surface area contributed by atoms with Crippen LogP contribution < -0.4 is 4.90 Å². The lowest BCUT2D eigenvalue weighted by Gasteiger charge is -2.21. The van der Waals surface area contributed by atoms with Gasteiger partial charge in [-0.15, -0.1) is 0 Å². The average molecular weight is 451 g/mol. The van der Waals surface area contributed by atoms with Crippen LogP contribution in [0.15, 0.2) is 41.3 Å². The quantitative estimate of drug-likeness (QED) is 0.564. The molecule has 5 nitrogen and oxygen atoms in total. The molecule has 152 valence electrons. The molecule has 1 saturated heterocycles. The number of phenolic OH excluding ortho intramolecular Hbond substituents is 1. The molecule has 2 aromatic rings. The summed E-state index contributed by atoms with van der Waals surface area (Å²) in [6.07, 6.45) is 1.54. The number of nitrogens with zero attached hydrogens (tertiary/aromatic N) is 2. The number of aromatic hydroxyl groups is 1. The van der Waals surface area contributed by atoms with Gasteiger partial charge in [-0.05, 0) is 61.5 Å². The molecule has 8 heteroatoms. The largest absolute Gasteiger partial charge is 0.507 e. The van der Waals surface area contributed by atoms with Crippen LogP contribution in [0.2, 0.25) is 10.0 Å². The fourth-order valence-corrected chi connectivity index (χ4v) is 4.19. The van der Waals surface area contributed by atoms with Gasteiger partial charge in [0.15, 0.2) is 0 Å². The minimum Gasteiger partial charge on any atom is -0.507 e. The SMILES string of the molecule is CCN(CC)c1ccc(/C=C2\SC(=O)N(Cc3ccc(Cl)c(Cl)c3)C2=O)c(O)c1. The normalized spacial score (nSPS) is 15.4. The highest BCUT2D eigenvalue weighted by Crippen LogP contribution is 2.36. The van der Waals surface area contributed by atoms with Crippen LogP contribution in [0.3, 0.4) is 0 Å². The van der Waals surface area contributed by atoms with Crippen molar-refractivity contribution < 1.29 is 14.7 Å². The van der Waals surface area contributed by atoms with Gasteiger partial charge in [0, 0.05) is 30.4 Å². The van der Waals surface area contributed by atoms with Crippen molar-refractivity contribution in [3.63, 3.8) is 0 Å². The van der Waals surface area contributed by atoms with Gasteiger partial charge in [0.25, 0.3) is 11.1 Å². The van der Waals surface area contributed by atoms with Crippen LogP contribution >= 0.6 is 35.0 Å². The Morgan fingerprint density at radius 1 is 1.07 bits per heavy atom. The van der Waals surface area contributed by atoms with Gasteiger partial charge in [0.2, 0.25) is 0 Å². The van der Waals surface area contributed by atoms with Crippen LogP contribution in [0.1, 0.15) is 25.0 Å². The van der Waals surface area contributed by atoms with Crippen molar-refractivity contribution in [2.75, 3.05) is 18.0 Å². The summed E-state index contributed by atoms with van der Waals surface area (Å²) < 4.78 is 0. The molecular weight excluding hydrogens is 431 g/mol. The smallest absolute Gasteiger partial charge is 0.293 e. The van der Waals surface area contributed by atoms with Crippen molar-refractivity contribution in [3.8, 4) is 5.75 Å². The Hall–Kier alpha value is -2.15. The summed E-state index contributed by atoms with van der Waals surface area (Å²) in [4.78, 5) is 28.6. The molecule has 2 amide bonds. The highest BCUT2D eigenvalue weighted by atomic mass is 35.5. The Labute approximate surface area is 183 Å². The zero-order valence-electron chi connectivity index (χ0n) is 16.0. The number of carbonyl (C=O) groups excluding carboxylic acids is 2. The molecule has 0 aliphatic carbocycles. The van der Waals surface area contributed by atoms with Gasteiger partial charge in [0.1, 0.15) is 5.75 Å². The van der Waals surface area contributed by atoms with Crippen LogP contribution in [-0.2, 0) is 11.3 Å². The molecule has 0 spiro atoms. The molecule has 29 heavy (non-hydrogen) atoms. The van der Waals surface area contributed by atoms with E-state index in [9.17, 15) is 14.7 Å². The molecule has 0 bridgehead atoms. The summed E-state index contributed by atoms with van der Waals surface area (Å²) >= 11 is 12.8. The molecule has 0 radical (unpaired) electrons. The average Bonchev–Trinajstić information content (AvgIpc) is 2.95. The first-order chi connectivity index (χ1) is 13.8. The van der Waals surface area contributed by atoms with Crippen molar-refractivity contribution in [2.24, 2.45) is 0 Å². The first kappa shape index (κ1) is 21.6. The van der Waals surface area contributed by atoms with E-state index < -0.39 is 5.91 Å². The molecule has 2 aromatic carbocycles. The van der Waals surface area contributed by atoms with E-state index >= 15 is 0 Å². The topological polar surface area (TPSA) is 60.9 Å². The highest BCUT2D eigenvalue weighted by Gasteiger charge is 2.35. The minimum absolute atomic E-state index is 0.0608. The highest BCUT2D eigenvalue weighted by molar-refractivity contribution is 8.18. The number of benzene rings is 2. The van der Waals surface area contributed by atoms with E-state index in [1.807, 2.05) is 19.9 Å². The first-order valence-electron chi connectivity index (χ1n) is 9.11. The second-order valence-electron chi connectivity index (χ2n) is 6.43. The third kappa shape index (κ3) is 4.71. The van der Waals surface area contributed by atoms with E-state index in [4.69, 9.17) is 23.2 Å². The fourth-order valence-electron chi connectivity index (χ4n) is 3.04. The molecule has 0 atom stereocenters. The molecule has 0 unspecified atom stereocenters. The summed E-state index contributed by atoms with van der Waals surface area (Å²) in [6, 6.07) is 10.3. The Balaban J connectivity index is 1.81. The maximum atomic E-state index is 12.7. The van der Waals surface area contributed by atoms with Gasteiger partial charge in [0.05, 0.1) is 21.5 Å². The van der Waals surface area contributed by atoms with Crippen molar-refractivity contribution in [1.29, 1.82) is 0 Å². The maximum absolute atomic E-state index is 12.7. The molecule has 3 rings (SSSR count). The second-order valence-corrected chi connectivity index (χ2v) is 8.24. The van der Waals surface area contributed by atoms with Crippen LogP contribution in [0.25, 0.3) is 6.08 Å². The molecular formula is C21H20Cl2N2O3S. The molecule has 1 fully saturated rings. The molecule has 0 aromatic heterocycles. The number of anilines is 1. The van der Waals surface area contributed by atoms with Crippen molar-refractivity contribution in [2.45, 2.75) is 20.4 Å². The lowest BCUT2D eigenvalue weighted by atomic mass is 10.1. The van der Waals surface area contributed by atoms with Crippen molar-refractivity contribution >= 4 is 57.9 Å². The summed E-state index contributed by atoms with van der Waals surface area (Å²) in [7, 11) is 0. The van der Waals surface area contributed by atoms with Crippen LogP contribution in [0.5, 0.6) is 5.75 Å². The standard InChI is InChI=1S/C21H20Cl2N2O3S/c1-3-24(4-2)15-7-6-14(18(26)11-15)10-19-20(27)25(21(28)29-19)12-13-5-8-16(22)17(23)9-13/h5-11,26H,3-4,12H2,1-2H3/b19-10-. The number of halogens is 2. The Morgan fingerprint density at radius 2 is 1.79 bits per heavy atom. The van der Waals surface area contributed by atoms with E-state index in [-0.39, 0.29) is 22.4 Å². The van der Waals surface area contributed by atoms with Gasteiger partial charge >= 0.3 is 0 Å². The molecule has 1 N–H and O–H groups in total. The summed E-state index contributed by atoms with van der Waals surface area (Å²) in [6.45, 7) is 5.83. The van der Waals surface area contributed by atoms with Crippen molar-refractivity contribution in [3.05, 3.63) is 62.5 Å². The van der Waals surface area contributed by atoms with E-state index in [1.54, 1.807) is 36.4 Å². The predicted octanol–water partition coefficient (Wildman–Crippen LogP) is 5.78. The third-order valence-electron chi connectivity index (χ3n) is 4.63. The van der Waals surface area contributed by atoms with Gasteiger partial charge < -0.3 is 10.0 Å². The lowest BCUT2D eigenvalue weighted by Crippen LogP contribution is -2.27. The number of thioether (sulfide) groups is 1. The summed E-state index contributed by atoms with van der Waals surface area (Å²) in [5.41, 5.74) is 2.09. The molecule has 1 heterocycles. The zero-order valence-corrected chi connectivity index (χ0v) is 18.3. The van der Waals surface area contributed by atoms with Gasteiger partial charge in [-0.1, -0.05) is 29.3 Å². The molecule has 0 saturated carbocycles. The Kier molecular flexibility index (Phi) is 6.77. The maximum Gasteiger partial charge on any atom is 0.293 e. The molecule has 1 aliphatic heterocycles. The van der Waals surface area contributed by atoms with E-state index in [2.05, 4.69) is 4.90 Å². The number of phenols is 1. The Morgan fingerprint density at radius 3 is 2.41 bits per heavy atom. The lowest BCUT2D eigenvalue weighted by molar-refractivity contribution is -0.123. The summed E-state index contributed by atoms with van der Waals surface area (Å²) in [5.74, 6) is -0.344. The fraction of sp³-hybridized carbons (Fsp3) is 0.238. The van der Waals surface area contributed by atoms with Gasteiger partial charge in [-0.25, -0.2) is 0 Å². The Bertz CT molecular complexity index is 990. The zero-order chi connectivity index (χ0) is 21.1. The third-order valence-corrected chi connectivity index (χ3v) is 6.27. The number of carbonyl (C=O) groups is 2. The van der Waals surface area contributed by atoms with E-state index in [1.165, 1.54) is 0 Å². The van der Waals surface area contributed by atoms with Gasteiger partial charge in [-0.3, -0.25) is 14.5 Å². The van der Waals surface area contributed by atoms with Crippen LogP contribution in [0.4, 0.5) is 10.5 Å². The first-order valence-corrected chi connectivity index (χ1v) is 10.7. The van der Waals surface area contributed by atoms with Crippen LogP contribution in [0, 0.1) is 0 Å². The van der Waals surface area contributed by atoms with E-state index in [0.29, 0.717) is 21.2 Å². The van der Waals surface area contributed by atoms with Crippen molar-refractivity contribution in [1.82, 2.24) is 4.90 Å². The second kappa shape index (κ2) is 9.11. The number of rotatable bonds is 6. The number of amides is 2. The van der Waals surface area contributed by atoms with Crippen LogP contribution in [-0.4, -0.2) is 34.2 Å². The summed E-state index contributed by atoms with van der Waals surface area (Å²) in [5, 5.41) is 10.8. The predicted molar refractivity (Wildman–Crippen MR) is 120 cm³/mol. The van der Waals surface area contributed by atoms with Gasteiger partial charge in [-0.2, -0.15) is 0 Å². The number of hydrogen-bond acceptors (Lipinski definition) is 5. The van der Waals surface area contributed by atoms with E-state index in [0.717, 1.165) is 35.4 Å². The minimum atomic E-state index is -0.404. The number of imide groups is 1. The number of hydrogen-bond donors (Lipinski definition) is 1. The monoisotopic (exact) mass is 450 g/mol. The molecule has 1 aliphatic rings.